The van der Waals surface area contributed by atoms with Crippen LogP contribution in [-0.2, 0) is 30.4 Å². The Hall–Kier alpha value is -3.52. The molecule has 1 aromatic heterocycles. The lowest BCUT2D eigenvalue weighted by molar-refractivity contribution is -0.156. The van der Waals surface area contributed by atoms with Crippen molar-refractivity contribution >= 4 is 17.8 Å². The van der Waals surface area contributed by atoms with E-state index < -0.39 is 73.0 Å². The fraction of sp³-hybridized carbons (Fsp3) is 0.400. The average Bonchev–Trinajstić information content (AvgIpc) is 3.31. The number of ether oxygens (including phenoxy) is 3. The highest BCUT2D eigenvalue weighted by Crippen LogP contribution is 2.33. The Kier molecular flexibility index (Phi) is 7.60. The Morgan fingerprint density at radius 2 is 1.85 bits per heavy atom. The van der Waals surface area contributed by atoms with Gasteiger partial charge in [0.25, 0.3) is 5.91 Å². The number of hydrogen-bond donors (Lipinski definition) is 5. The topological polar surface area (TPSA) is 209 Å². The first-order valence-electron chi connectivity index (χ1n) is 9.88. The van der Waals surface area contributed by atoms with Crippen LogP contribution in [0.25, 0.3) is 0 Å². The third kappa shape index (κ3) is 5.64. The summed E-state index contributed by atoms with van der Waals surface area (Å²) in [4.78, 5) is 38.9. The standard InChI is InChI=1S/C20H24N4O9/c21-11(6-13(25)31-7-10-4-2-1-3-5-10)20(30)32-8-12-15(26)16(27)19(33-12)24-9-23-14(17(22)28)18(24)29/h1-5,9,11-12,15-16,19,26-27,29H,6-8,21H2,(H2,22,28)/t11-,12+,15?,16+,19+/m0/s1. The first kappa shape index (κ1) is 24.1. The first-order valence-corrected chi connectivity index (χ1v) is 9.88. The molecule has 33 heavy (non-hydrogen) atoms. The van der Waals surface area contributed by atoms with Gasteiger partial charge in [0.05, 0.1) is 6.42 Å². The highest BCUT2D eigenvalue weighted by atomic mass is 16.6. The van der Waals surface area contributed by atoms with Crippen molar-refractivity contribution in [1.29, 1.82) is 0 Å². The smallest absolute Gasteiger partial charge is 0.323 e. The zero-order valence-corrected chi connectivity index (χ0v) is 17.3. The van der Waals surface area contributed by atoms with Crippen molar-refractivity contribution in [3.8, 4) is 5.88 Å². The molecule has 7 N–H and O–H groups in total. The molecule has 13 heteroatoms. The number of aromatic hydroxyl groups is 1. The lowest BCUT2D eigenvalue weighted by atomic mass is 10.1. The van der Waals surface area contributed by atoms with Crippen molar-refractivity contribution in [3.63, 3.8) is 0 Å². The SMILES string of the molecule is NC(=O)c1ncn([C@@H]2O[C@H](COC(=O)[C@@H](N)CC(=O)OCc3ccccc3)C(O)[C@H]2O)c1O. The van der Waals surface area contributed by atoms with Crippen LogP contribution in [0.1, 0.15) is 28.7 Å². The minimum Gasteiger partial charge on any atom is -0.493 e. The van der Waals surface area contributed by atoms with E-state index in [9.17, 15) is 29.7 Å². The fourth-order valence-electron chi connectivity index (χ4n) is 3.14. The normalized spacial score (nSPS) is 23.1. The van der Waals surface area contributed by atoms with Gasteiger partial charge in [-0.3, -0.25) is 19.0 Å². The molecule has 13 nitrogen and oxygen atoms in total. The highest BCUT2D eigenvalue weighted by molar-refractivity contribution is 5.93. The van der Waals surface area contributed by atoms with E-state index in [-0.39, 0.29) is 6.61 Å². The van der Waals surface area contributed by atoms with E-state index in [0.29, 0.717) is 0 Å². The molecule has 1 unspecified atom stereocenters. The molecule has 2 heterocycles. The summed E-state index contributed by atoms with van der Waals surface area (Å²) in [5, 5.41) is 30.4. The molecule has 1 amide bonds. The highest BCUT2D eigenvalue weighted by Gasteiger charge is 2.45. The summed E-state index contributed by atoms with van der Waals surface area (Å²) in [5.41, 5.74) is 11.1. The molecule has 0 aliphatic carbocycles. The van der Waals surface area contributed by atoms with E-state index in [1.807, 2.05) is 6.07 Å². The lowest BCUT2D eigenvalue weighted by Crippen LogP contribution is -2.39. The Morgan fingerprint density at radius 1 is 1.15 bits per heavy atom. The molecular formula is C20H24N4O9. The number of esters is 2. The van der Waals surface area contributed by atoms with Crippen LogP contribution in [0.4, 0.5) is 0 Å². The minimum absolute atomic E-state index is 0.0292. The number of nitrogens with zero attached hydrogens (tertiary/aromatic N) is 2. The summed E-state index contributed by atoms with van der Waals surface area (Å²) in [6.07, 6.45) is -4.99. The van der Waals surface area contributed by atoms with Gasteiger partial charge in [0.1, 0.15) is 43.9 Å². The van der Waals surface area contributed by atoms with Crippen LogP contribution in [-0.4, -0.2) is 73.7 Å². The van der Waals surface area contributed by atoms with Gasteiger partial charge in [0.2, 0.25) is 5.88 Å². The third-order valence-corrected chi connectivity index (χ3v) is 4.93. The Bertz CT molecular complexity index is 997. The Labute approximate surface area is 187 Å². The van der Waals surface area contributed by atoms with Gasteiger partial charge in [-0.1, -0.05) is 30.3 Å². The summed E-state index contributed by atoms with van der Waals surface area (Å²) < 4.78 is 16.4. The van der Waals surface area contributed by atoms with Crippen LogP contribution in [0.2, 0.25) is 0 Å². The second-order valence-electron chi connectivity index (χ2n) is 7.32. The van der Waals surface area contributed by atoms with E-state index >= 15 is 0 Å². The van der Waals surface area contributed by atoms with Gasteiger partial charge < -0.3 is 41.0 Å². The molecule has 1 saturated heterocycles. The number of rotatable bonds is 9. The summed E-state index contributed by atoms with van der Waals surface area (Å²) in [6, 6.07) is 7.63. The van der Waals surface area contributed by atoms with Crippen molar-refractivity contribution in [1.82, 2.24) is 9.55 Å². The molecule has 5 atom stereocenters. The van der Waals surface area contributed by atoms with Crippen LogP contribution < -0.4 is 11.5 Å². The molecule has 0 bridgehead atoms. The van der Waals surface area contributed by atoms with E-state index in [0.717, 1.165) is 16.5 Å². The number of hydrogen-bond acceptors (Lipinski definition) is 11. The third-order valence-electron chi connectivity index (χ3n) is 4.93. The second-order valence-corrected chi connectivity index (χ2v) is 7.32. The van der Waals surface area contributed by atoms with Gasteiger partial charge in [0, 0.05) is 0 Å². The summed E-state index contributed by atoms with van der Waals surface area (Å²) in [5.74, 6) is -3.30. The quantitative estimate of drug-likeness (QED) is 0.264. The largest absolute Gasteiger partial charge is 0.493 e. The maximum atomic E-state index is 12.1. The van der Waals surface area contributed by atoms with Crippen molar-refractivity contribution in [2.24, 2.45) is 11.5 Å². The molecule has 0 spiro atoms. The van der Waals surface area contributed by atoms with Gasteiger partial charge >= 0.3 is 11.9 Å². The zero-order valence-electron chi connectivity index (χ0n) is 17.3. The average molecular weight is 464 g/mol. The van der Waals surface area contributed by atoms with E-state index in [4.69, 9.17) is 25.7 Å². The summed E-state index contributed by atoms with van der Waals surface area (Å²) in [6.45, 7) is -0.472. The van der Waals surface area contributed by atoms with Gasteiger partial charge in [-0.15, -0.1) is 0 Å². The van der Waals surface area contributed by atoms with Crippen molar-refractivity contribution in [2.45, 2.75) is 43.6 Å². The lowest BCUT2D eigenvalue weighted by Gasteiger charge is -2.17. The molecule has 0 radical (unpaired) electrons. The van der Waals surface area contributed by atoms with Crippen molar-refractivity contribution in [3.05, 3.63) is 47.9 Å². The maximum Gasteiger partial charge on any atom is 0.323 e. The predicted molar refractivity (Wildman–Crippen MR) is 108 cm³/mol. The van der Waals surface area contributed by atoms with Gasteiger partial charge in [-0.2, -0.15) is 0 Å². The summed E-state index contributed by atoms with van der Waals surface area (Å²) >= 11 is 0. The Morgan fingerprint density at radius 3 is 2.48 bits per heavy atom. The number of imidazole rings is 1. The number of aliphatic hydroxyl groups is 2. The van der Waals surface area contributed by atoms with Crippen LogP contribution in [0, 0.1) is 0 Å². The second kappa shape index (κ2) is 10.4. The van der Waals surface area contributed by atoms with Crippen LogP contribution in [0.15, 0.2) is 36.7 Å². The van der Waals surface area contributed by atoms with E-state index in [1.165, 1.54) is 0 Å². The molecule has 1 aliphatic heterocycles. The maximum absolute atomic E-state index is 12.1. The number of carbonyl (C=O) groups excluding carboxylic acids is 3. The monoisotopic (exact) mass is 464 g/mol. The molecule has 1 aliphatic rings. The van der Waals surface area contributed by atoms with Crippen LogP contribution in [0.5, 0.6) is 5.88 Å². The number of amides is 1. The van der Waals surface area contributed by atoms with E-state index in [2.05, 4.69) is 4.98 Å². The molecule has 1 fully saturated rings. The Balaban J connectivity index is 1.49. The van der Waals surface area contributed by atoms with Gasteiger partial charge in [0.15, 0.2) is 11.9 Å². The van der Waals surface area contributed by atoms with Gasteiger partial charge in [-0.05, 0) is 5.56 Å². The van der Waals surface area contributed by atoms with Crippen LogP contribution in [0.3, 0.4) is 0 Å². The van der Waals surface area contributed by atoms with E-state index in [1.54, 1.807) is 24.3 Å². The predicted octanol–water partition coefficient (Wildman–Crippen LogP) is -1.69. The number of aromatic nitrogens is 2. The van der Waals surface area contributed by atoms with Crippen LogP contribution >= 0.6 is 0 Å². The first-order chi connectivity index (χ1) is 15.7. The number of nitrogens with two attached hydrogens (primary N) is 2. The molecule has 2 aromatic rings. The number of primary amides is 1. The number of aliphatic hydroxyl groups excluding tert-OH is 2. The molecule has 1 aromatic carbocycles. The number of benzene rings is 1. The molecule has 178 valence electrons. The molecule has 3 rings (SSSR count). The molecule has 0 saturated carbocycles. The fourth-order valence-corrected chi connectivity index (χ4v) is 3.14. The zero-order chi connectivity index (χ0) is 24.1. The summed E-state index contributed by atoms with van der Waals surface area (Å²) in [7, 11) is 0. The van der Waals surface area contributed by atoms with Crippen molar-refractivity contribution in [2.75, 3.05) is 6.61 Å². The number of carbonyl (C=O) groups is 3. The molecular weight excluding hydrogens is 440 g/mol. The minimum atomic E-state index is -1.55. The van der Waals surface area contributed by atoms with Gasteiger partial charge in [-0.25, -0.2) is 4.98 Å². The van der Waals surface area contributed by atoms with Crippen molar-refractivity contribution < 1.29 is 43.9 Å².